The monoisotopic (exact) mass is 467 g/mol. The maximum Gasteiger partial charge on any atom is 0.507 e. The van der Waals surface area contributed by atoms with Crippen molar-refractivity contribution in [1.29, 1.82) is 0 Å². The molecule has 0 saturated heterocycles. The number of ether oxygens (including phenoxy) is 2. The van der Waals surface area contributed by atoms with Crippen LogP contribution in [0.2, 0.25) is 0 Å². The van der Waals surface area contributed by atoms with Crippen molar-refractivity contribution >= 4 is 17.4 Å². The van der Waals surface area contributed by atoms with Crippen LogP contribution in [-0.4, -0.2) is 40.8 Å². The molecule has 1 aliphatic rings. The number of hydrogen-bond acceptors (Lipinski definition) is 4. The van der Waals surface area contributed by atoms with Crippen molar-refractivity contribution in [2.45, 2.75) is 33.0 Å². The van der Waals surface area contributed by atoms with Crippen LogP contribution in [0, 0.1) is 30.6 Å². The summed E-state index contributed by atoms with van der Waals surface area (Å²) in [4.78, 5) is 19.2. The van der Waals surface area contributed by atoms with Crippen molar-refractivity contribution in [3.05, 3.63) is 34.1 Å². The van der Waals surface area contributed by atoms with E-state index in [4.69, 9.17) is 0 Å². The fourth-order valence-electron chi connectivity index (χ4n) is 2.62. The van der Waals surface area contributed by atoms with Gasteiger partial charge >= 0.3 is 18.2 Å². The van der Waals surface area contributed by atoms with E-state index < -0.39 is 29.7 Å². The second-order valence-electron chi connectivity index (χ2n) is 6.47. The molecule has 0 saturated carbocycles. The summed E-state index contributed by atoms with van der Waals surface area (Å²) in [5.74, 6) is 9.87. The highest BCUT2D eigenvalue weighted by atomic mass is 32.1. The van der Waals surface area contributed by atoms with Crippen molar-refractivity contribution in [2.75, 3.05) is 13.1 Å². The number of benzene rings is 1. The van der Waals surface area contributed by atoms with E-state index in [0.29, 0.717) is 0 Å². The SMILES string of the molecule is CC#CCN(CC#CC)C(=O)/N=c1\sc(C)cn1-c1ccc2c(c1)OC(F)(F)C(F)(F)O2. The molecule has 168 valence electrons. The first-order valence-corrected chi connectivity index (χ1v) is 9.99. The van der Waals surface area contributed by atoms with Crippen LogP contribution in [0.15, 0.2) is 29.4 Å². The topological polar surface area (TPSA) is 56.1 Å². The largest absolute Gasteiger partial charge is 0.507 e. The molecule has 1 aliphatic heterocycles. The highest BCUT2D eigenvalue weighted by Crippen LogP contribution is 2.47. The lowest BCUT2D eigenvalue weighted by atomic mass is 10.2. The number of nitrogens with zero attached hydrogens (tertiary/aromatic N) is 3. The summed E-state index contributed by atoms with van der Waals surface area (Å²) in [6.07, 6.45) is -8.01. The quantitative estimate of drug-likeness (QED) is 0.503. The molecule has 3 rings (SSSR count). The minimum Gasteiger partial charge on any atom is -0.421 e. The lowest BCUT2D eigenvalue weighted by molar-refractivity contribution is -0.391. The van der Waals surface area contributed by atoms with Crippen LogP contribution in [-0.2, 0) is 0 Å². The Balaban J connectivity index is 2.00. The third kappa shape index (κ3) is 4.73. The van der Waals surface area contributed by atoms with Gasteiger partial charge in [0, 0.05) is 17.1 Å². The summed E-state index contributed by atoms with van der Waals surface area (Å²) in [5, 5.41) is 0. The van der Waals surface area contributed by atoms with Crippen LogP contribution >= 0.6 is 11.3 Å². The fraction of sp³-hybridized carbons (Fsp3) is 0.333. The number of amides is 2. The molecule has 0 spiro atoms. The molecule has 0 fully saturated rings. The normalized spacial score (nSPS) is 15.8. The molecule has 11 heteroatoms. The van der Waals surface area contributed by atoms with Gasteiger partial charge in [-0.2, -0.15) is 22.6 Å². The number of urea groups is 1. The summed E-state index contributed by atoms with van der Waals surface area (Å²) in [5.41, 5.74) is 0.262. The molecule has 6 nitrogen and oxygen atoms in total. The first-order chi connectivity index (χ1) is 15.1. The first-order valence-electron chi connectivity index (χ1n) is 9.18. The number of rotatable bonds is 3. The molecule has 0 radical (unpaired) electrons. The lowest BCUT2D eigenvalue weighted by Gasteiger charge is -2.31. The molecule has 2 heterocycles. The number of alkyl halides is 4. The van der Waals surface area contributed by atoms with Crippen LogP contribution in [0.1, 0.15) is 18.7 Å². The number of carbonyl (C=O) groups is 1. The van der Waals surface area contributed by atoms with Gasteiger partial charge in [0.2, 0.25) is 0 Å². The highest BCUT2D eigenvalue weighted by Gasteiger charge is 2.65. The third-order valence-corrected chi connectivity index (χ3v) is 5.04. The second kappa shape index (κ2) is 8.97. The summed E-state index contributed by atoms with van der Waals surface area (Å²) >= 11 is 1.18. The second-order valence-corrected chi connectivity index (χ2v) is 7.68. The number of hydrogen-bond donors (Lipinski definition) is 0. The van der Waals surface area contributed by atoms with E-state index in [1.54, 1.807) is 27.0 Å². The molecule has 0 unspecified atom stereocenters. The average Bonchev–Trinajstić information content (AvgIpc) is 3.08. The Labute approximate surface area is 185 Å². The van der Waals surface area contributed by atoms with Gasteiger partial charge in [0.05, 0.1) is 18.8 Å². The zero-order chi connectivity index (χ0) is 23.5. The van der Waals surface area contributed by atoms with E-state index in [0.717, 1.165) is 17.0 Å². The molecular formula is C21H17F4N3O3S. The van der Waals surface area contributed by atoms with Gasteiger partial charge in [-0.05, 0) is 32.9 Å². The highest BCUT2D eigenvalue weighted by molar-refractivity contribution is 7.09. The van der Waals surface area contributed by atoms with Gasteiger partial charge in [0.15, 0.2) is 16.3 Å². The molecule has 0 bridgehead atoms. The Morgan fingerprint density at radius 1 is 1.09 bits per heavy atom. The Kier molecular flexibility index (Phi) is 6.51. The van der Waals surface area contributed by atoms with Crippen LogP contribution in [0.25, 0.3) is 5.69 Å². The van der Waals surface area contributed by atoms with Crippen molar-refractivity contribution in [1.82, 2.24) is 9.47 Å². The van der Waals surface area contributed by atoms with Gasteiger partial charge in [-0.1, -0.05) is 11.8 Å². The van der Waals surface area contributed by atoms with Gasteiger partial charge in [-0.15, -0.1) is 23.2 Å². The van der Waals surface area contributed by atoms with E-state index >= 15 is 0 Å². The number of aromatic nitrogens is 1. The minimum absolute atomic E-state index is 0.130. The zero-order valence-corrected chi connectivity index (χ0v) is 18.0. The predicted molar refractivity (Wildman–Crippen MR) is 109 cm³/mol. The Morgan fingerprint density at radius 3 is 2.28 bits per heavy atom. The van der Waals surface area contributed by atoms with E-state index in [1.807, 2.05) is 0 Å². The van der Waals surface area contributed by atoms with Gasteiger partial charge in [0.1, 0.15) is 0 Å². The van der Waals surface area contributed by atoms with Gasteiger partial charge in [-0.25, -0.2) is 4.79 Å². The summed E-state index contributed by atoms with van der Waals surface area (Å²) in [6, 6.07) is 2.96. The fourth-order valence-corrected chi connectivity index (χ4v) is 3.44. The van der Waals surface area contributed by atoms with Gasteiger partial charge < -0.3 is 14.4 Å². The van der Waals surface area contributed by atoms with Crippen molar-refractivity contribution in [3.8, 4) is 40.9 Å². The molecule has 0 atom stereocenters. The van der Waals surface area contributed by atoms with Crippen LogP contribution in [0.4, 0.5) is 22.4 Å². The van der Waals surface area contributed by atoms with E-state index in [1.165, 1.54) is 26.9 Å². The van der Waals surface area contributed by atoms with Crippen LogP contribution < -0.4 is 14.3 Å². The van der Waals surface area contributed by atoms with E-state index in [2.05, 4.69) is 38.1 Å². The maximum atomic E-state index is 13.6. The Bertz CT molecular complexity index is 1210. The molecule has 32 heavy (non-hydrogen) atoms. The molecule has 0 aliphatic carbocycles. The maximum absolute atomic E-state index is 13.6. The number of fused-ring (bicyclic) bond motifs is 1. The van der Waals surface area contributed by atoms with Gasteiger partial charge in [-0.3, -0.25) is 4.57 Å². The van der Waals surface area contributed by atoms with E-state index in [9.17, 15) is 22.4 Å². The standard InChI is InChI=1S/C21H17F4N3O3S/c1-4-6-10-27(11-7-5-2)18(29)26-19-28(13-14(3)32-19)15-8-9-16-17(12-15)31-21(24,25)20(22,23)30-16/h8-9,12-13H,10-11H2,1-3H3/b26-19-. The molecule has 2 aromatic rings. The summed E-state index contributed by atoms with van der Waals surface area (Å²) in [6.45, 7) is 5.31. The Hall–Kier alpha value is -3.44. The van der Waals surface area contributed by atoms with Crippen molar-refractivity contribution in [2.24, 2.45) is 4.99 Å². The summed E-state index contributed by atoms with van der Waals surface area (Å²) < 4.78 is 63.6. The predicted octanol–water partition coefficient (Wildman–Crippen LogP) is 4.17. The molecule has 1 aromatic heterocycles. The lowest BCUT2D eigenvalue weighted by Crippen LogP contribution is -2.52. The first kappa shape index (κ1) is 23.2. The average molecular weight is 467 g/mol. The molecule has 0 N–H and O–H groups in total. The number of carbonyl (C=O) groups excluding carboxylic acids is 1. The minimum atomic E-state index is -4.84. The van der Waals surface area contributed by atoms with E-state index in [-0.39, 0.29) is 23.6 Å². The Morgan fingerprint density at radius 2 is 1.69 bits per heavy atom. The van der Waals surface area contributed by atoms with Crippen molar-refractivity contribution in [3.63, 3.8) is 0 Å². The third-order valence-electron chi connectivity index (χ3n) is 4.15. The van der Waals surface area contributed by atoms with Crippen LogP contribution in [0.3, 0.4) is 0 Å². The summed E-state index contributed by atoms with van der Waals surface area (Å²) in [7, 11) is 0. The molecule has 2 amide bonds. The van der Waals surface area contributed by atoms with Gasteiger partial charge in [0.25, 0.3) is 0 Å². The number of thiazole rings is 1. The smallest absolute Gasteiger partial charge is 0.421 e. The number of aryl methyl sites for hydroxylation is 1. The van der Waals surface area contributed by atoms with Crippen molar-refractivity contribution < 1.29 is 31.8 Å². The molecular weight excluding hydrogens is 450 g/mol. The molecule has 1 aromatic carbocycles. The van der Waals surface area contributed by atoms with Crippen LogP contribution in [0.5, 0.6) is 11.5 Å². The zero-order valence-electron chi connectivity index (χ0n) is 17.2. The number of halogens is 4.